The van der Waals surface area contributed by atoms with Gasteiger partial charge in [0.15, 0.2) is 0 Å². The standard InChI is InChI=1S/C20H26N4OS/c1-16-5-7-18(8-6-16)14-23-9-11-24(12-10-23)15-20(25)22-21-17(2)19-4-3-13-26-19/h3-8,13H,9-12,14-15H2,1-2H3,(H,22,25)/b21-17+. The Bertz CT molecular complexity index is 732. The molecule has 0 spiro atoms. The lowest BCUT2D eigenvalue weighted by Crippen LogP contribution is -2.48. The molecule has 3 rings (SSSR count). The average molecular weight is 371 g/mol. The number of thiophene rings is 1. The van der Waals surface area contributed by atoms with Crippen LogP contribution in [0.1, 0.15) is 22.9 Å². The Morgan fingerprint density at radius 1 is 1.12 bits per heavy atom. The van der Waals surface area contributed by atoms with Crippen molar-refractivity contribution in [3.05, 3.63) is 57.8 Å². The zero-order chi connectivity index (χ0) is 18.4. The highest BCUT2D eigenvalue weighted by Gasteiger charge is 2.19. The number of nitrogens with zero attached hydrogens (tertiary/aromatic N) is 3. The number of carbonyl (C=O) groups is 1. The molecule has 0 atom stereocenters. The maximum Gasteiger partial charge on any atom is 0.254 e. The highest BCUT2D eigenvalue weighted by Crippen LogP contribution is 2.10. The second-order valence-electron chi connectivity index (χ2n) is 6.75. The molecule has 0 bridgehead atoms. The van der Waals surface area contributed by atoms with Gasteiger partial charge in [-0.05, 0) is 30.9 Å². The molecule has 1 fully saturated rings. The lowest BCUT2D eigenvalue weighted by atomic mass is 10.1. The molecule has 1 aliphatic heterocycles. The Morgan fingerprint density at radius 2 is 1.81 bits per heavy atom. The van der Waals surface area contributed by atoms with Gasteiger partial charge in [0.1, 0.15) is 0 Å². The summed E-state index contributed by atoms with van der Waals surface area (Å²) in [5, 5.41) is 6.21. The predicted octanol–water partition coefficient (Wildman–Crippen LogP) is 2.71. The van der Waals surface area contributed by atoms with E-state index in [0.717, 1.165) is 43.3 Å². The molecule has 5 nitrogen and oxygen atoms in total. The first-order chi connectivity index (χ1) is 12.6. The fraction of sp³-hybridized carbons (Fsp3) is 0.400. The predicted molar refractivity (Wildman–Crippen MR) is 108 cm³/mol. The third kappa shape index (κ3) is 5.49. The van der Waals surface area contributed by atoms with Gasteiger partial charge >= 0.3 is 0 Å². The van der Waals surface area contributed by atoms with E-state index in [1.165, 1.54) is 11.1 Å². The summed E-state index contributed by atoms with van der Waals surface area (Å²) < 4.78 is 0. The van der Waals surface area contributed by atoms with Crippen LogP contribution in [0.15, 0.2) is 46.9 Å². The Morgan fingerprint density at radius 3 is 2.46 bits per heavy atom. The first-order valence-electron chi connectivity index (χ1n) is 8.97. The summed E-state index contributed by atoms with van der Waals surface area (Å²) in [7, 11) is 0. The number of benzene rings is 1. The summed E-state index contributed by atoms with van der Waals surface area (Å²) in [6.07, 6.45) is 0. The van der Waals surface area contributed by atoms with Crippen LogP contribution in [0.5, 0.6) is 0 Å². The van der Waals surface area contributed by atoms with Gasteiger partial charge in [0.2, 0.25) is 0 Å². The lowest BCUT2D eigenvalue weighted by Gasteiger charge is -2.34. The zero-order valence-electron chi connectivity index (χ0n) is 15.4. The minimum absolute atomic E-state index is 0.0482. The monoisotopic (exact) mass is 370 g/mol. The third-order valence-electron chi connectivity index (χ3n) is 4.58. The van der Waals surface area contributed by atoms with Gasteiger partial charge in [-0.15, -0.1) is 11.3 Å². The van der Waals surface area contributed by atoms with Crippen molar-refractivity contribution in [1.29, 1.82) is 0 Å². The Balaban J connectivity index is 1.40. The van der Waals surface area contributed by atoms with Gasteiger partial charge in [-0.1, -0.05) is 35.9 Å². The van der Waals surface area contributed by atoms with Gasteiger partial charge in [0.05, 0.1) is 12.3 Å². The molecule has 1 aromatic heterocycles. The molecule has 1 amide bonds. The van der Waals surface area contributed by atoms with Gasteiger partial charge < -0.3 is 0 Å². The van der Waals surface area contributed by atoms with Crippen molar-refractivity contribution >= 4 is 23.0 Å². The van der Waals surface area contributed by atoms with E-state index >= 15 is 0 Å². The van der Waals surface area contributed by atoms with Crippen LogP contribution in [-0.2, 0) is 11.3 Å². The van der Waals surface area contributed by atoms with Crippen LogP contribution < -0.4 is 5.43 Å². The van der Waals surface area contributed by atoms with E-state index < -0.39 is 0 Å². The number of rotatable bonds is 6. The molecule has 1 saturated heterocycles. The van der Waals surface area contributed by atoms with E-state index in [2.05, 4.69) is 51.5 Å². The van der Waals surface area contributed by atoms with Crippen molar-refractivity contribution in [2.45, 2.75) is 20.4 Å². The van der Waals surface area contributed by atoms with Crippen molar-refractivity contribution in [3.63, 3.8) is 0 Å². The van der Waals surface area contributed by atoms with Crippen molar-refractivity contribution in [2.75, 3.05) is 32.7 Å². The smallest absolute Gasteiger partial charge is 0.254 e. The maximum atomic E-state index is 12.1. The minimum Gasteiger partial charge on any atom is -0.297 e. The van der Waals surface area contributed by atoms with E-state index in [1.54, 1.807) is 11.3 Å². The number of aryl methyl sites for hydroxylation is 1. The van der Waals surface area contributed by atoms with Gasteiger partial charge in [-0.2, -0.15) is 5.10 Å². The normalized spacial score (nSPS) is 16.6. The number of nitrogens with one attached hydrogen (secondary N) is 1. The summed E-state index contributed by atoms with van der Waals surface area (Å²) in [4.78, 5) is 17.8. The number of piperazine rings is 1. The maximum absolute atomic E-state index is 12.1. The van der Waals surface area contributed by atoms with E-state index in [1.807, 2.05) is 24.4 Å². The molecule has 138 valence electrons. The van der Waals surface area contributed by atoms with Crippen LogP contribution >= 0.6 is 11.3 Å². The topological polar surface area (TPSA) is 47.9 Å². The first-order valence-corrected chi connectivity index (χ1v) is 9.85. The largest absolute Gasteiger partial charge is 0.297 e. The van der Waals surface area contributed by atoms with Crippen LogP contribution in [0, 0.1) is 6.92 Å². The highest BCUT2D eigenvalue weighted by molar-refractivity contribution is 7.12. The van der Waals surface area contributed by atoms with Crippen LogP contribution in [-0.4, -0.2) is 54.1 Å². The quantitative estimate of drug-likeness (QED) is 0.628. The molecule has 0 radical (unpaired) electrons. The van der Waals surface area contributed by atoms with Gasteiger partial charge in [-0.3, -0.25) is 14.6 Å². The van der Waals surface area contributed by atoms with Crippen molar-refractivity contribution in [3.8, 4) is 0 Å². The molecule has 0 unspecified atom stereocenters. The summed E-state index contributed by atoms with van der Waals surface area (Å²) >= 11 is 1.62. The van der Waals surface area contributed by atoms with Crippen LogP contribution in [0.25, 0.3) is 0 Å². The highest BCUT2D eigenvalue weighted by atomic mass is 32.1. The molecule has 26 heavy (non-hydrogen) atoms. The summed E-state index contributed by atoms with van der Waals surface area (Å²) in [6.45, 7) is 9.19. The molecule has 0 aliphatic carbocycles. The molecule has 2 heterocycles. The number of hydrogen-bond donors (Lipinski definition) is 1. The third-order valence-corrected chi connectivity index (χ3v) is 5.56. The molecule has 2 aromatic rings. The minimum atomic E-state index is -0.0482. The fourth-order valence-corrected chi connectivity index (χ4v) is 3.66. The first kappa shape index (κ1) is 18.8. The lowest BCUT2D eigenvalue weighted by molar-refractivity contribution is -0.122. The van der Waals surface area contributed by atoms with Gasteiger partial charge in [0, 0.05) is 37.6 Å². The number of hydrogen-bond acceptors (Lipinski definition) is 5. The molecule has 6 heteroatoms. The number of amides is 1. The summed E-state index contributed by atoms with van der Waals surface area (Å²) in [5.74, 6) is -0.0482. The van der Waals surface area contributed by atoms with E-state index in [0.29, 0.717) is 6.54 Å². The molecule has 1 N–H and O–H groups in total. The van der Waals surface area contributed by atoms with E-state index in [-0.39, 0.29) is 5.91 Å². The Labute approximate surface area is 159 Å². The molecular weight excluding hydrogens is 344 g/mol. The van der Waals surface area contributed by atoms with Crippen LogP contribution in [0.2, 0.25) is 0 Å². The Hall–Kier alpha value is -2.02. The van der Waals surface area contributed by atoms with E-state index in [9.17, 15) is 4.79 Å². The zero-order valence-corrected chi connectivity index (χ0v) is 16.3. The van der Waals surface area contributed by atoms with Crippen molar-refractivity contribution in [2.24, 2.45) is 5.10 Å². The summed E-state index contributed by atoms with van der Waals surface area (Å²) in [5.41, 5.74) is 6.16. The Kier molecular flexibility index (Phi) is 6.55. The van der Waals surface area contributed by atoms with Gasteiger partial charge in [-0.25, -0.2) is 5.43 Å². The van der Waals surface area contributed by atoms with E-state index in [4.69, 9.17) is 0 Å². The molecular formula is C20H26N4OS. The molecule has 1 aliphatic rings. The second kappa shape index (κ2) is 9.07. The number of carbonyl (C=O) groups excluding carboxylic acids is 1. The summed E-state index contributed by atoms with van der Waals surface area (Å²) in [6, 6.07) is 12.7. The molecule has 0 saturated carbocycles. The SMILES string of the molecule is C/C(=N\NC(=O)CN1CCN(Cc2ccc(C)cc2)CC1)c1cccs1. The van der Waals surface area contributed by atoms with Crippen molar-refractivity contribution in [1.82, 2.24) is 15.2 Å². The molecule has 1 aromatic carbocycles. The average Bonchev–Trinajstić information content (AvgIpc) is 3.18. The fourth-order valence-electron chi connectivity index (χ4n) is 2.98. The second-order valence-corrected chi connectivity index (χ2v) is 7.70. The number of hydrazone groups is 1. The van der Waals surface area contributed by atoms with Crippen molar-refractivity contribution < 1.29 is 4.79 Å². The van der Waals surface area contributed by atoms with Crippen LogP contribution in [0.3, 0.4) is 0 Å². The van der Waals surface area contributed by atoms with Crippen LogP contribution in [0.4, 0.5) is 0 Å². The van der Waals surface area contributed by atoms with Gasteiger partial charge in [0.25, 0.3) is 5.91 Å².